The second-order valence-corrected chi connectivity index (χ2v) is 5.57. The molecule has 0 amide bonds. The fraction of sp³-hybridized carbons (Fsp3) is 0.200. The average Bonchev–Trinajstić information content (AvgIpc) is 2.51. The number of benzene rings is 1. The first-order valence-electron chi connectivity index (χ1n) is 3.95. The molecule has 68 valence electrons. The molecule has 0 fully saturated rings. The summed E-state index contributed by atoms with van der Waals surface area (Å²) in [5.41, 5.74) is 2.78. The Labute approximate surface area is 104 Å². The zero-order chi connectivity index (χ0) is 9.42. The lowest BCUT2D eigenvalue weighted by Gasteiger charge is -2.01. The van der Waals surface area contributed by atoms with Crippen LogP contribution < -0.4 is 0 Å². The van der Waals surface area contributed by atoms with Gasteiger partial charge in [-0.15, -0.1) is 11.3 Å². The van der Waals surface area contributed by atoms with Crippen molar-refractivity contribution >= 4 is 59.9 Å². The molecule has 0 atom stereocenters. The summed E-state index contributed by atoms with van der Waals surface area (Å²) in [5, 5.41) is 4.60. The summed E-state index contributed by atoms with van der Waals surface area (Å²) in [6.07, 6.45) is 0. The van der Waals surface area contributed by atoms with E-state index in [4.69, 9.17) is 0 Å². The molecule has 2 aromatic rings. The maximum Gasteiger partial charge on any atom is 0.0386 e. The van der Waals surface area contributed by atoms with Crippen LogP contribution in [0.2, 0.25) is 0 Å². The van der Waals surface area contributed by atoms with E-state index >= 15 is 0 Å². The predicted molar refractivity (Wildman–Crippen MR) is 71.9 cm³/mol. The van der Waals surface area contributed by atoms with Gasteiger partial charge < -0.3 is 0 Å². The van der Waals surface area contributed by atoms with Gasteiger partial charge in [-0.2, -0.15) is 0 Å². The Kier molecular flexibility index (Phi) is 2.95. The van der Waals surface area contributed by atoms with Gasteiger partial charge >= 0.3 is 0 Å². The zero-order valence-corrected chi connectivity index (χ0v) is 11.7. The van der Waals surface area contributed by atoms with E-state index in [0.29, 0.717) is 0 Å². The highest BCUT2D eigenvalue weighted by atomic mass is 127. The lowest BCUT2D eigenvalue weighted by atomic mass is 10.1. The molecule has 0 aliphatic heterocycles. The van der Waals surface area contributed by atoms with Gasteiger partial charge in [-0.05, 0) is 40.6 Å². The molecule has 0 aliphatic carbocycles. The van der Waals surface area contributed by atoms with Crippen molar-refractivity contribution < 1.29 is 0 Å². The molecular weight excluding hydrogens is 359 g/mol. The summed E-state index contributed by atoms with van der Waals surface area (Å²) in [6, 6.07) is 4.41. The number of hydrogen-bond donors (Lipinski definition) is 0. The molecule has 0 unspecified atom stereocenters. The van der Waals surface area contributed by atoms with Gasteiger partial charge in [0, 0.05) is 24.4 Å². The van der Waals surface area contributed by atoms with Crippen LogP contribution >= 0.6 is 49.9 Å². The Morgan fingerprint density at radius 2 is 2.23 bits per heavy atom. The highest BCUT2D eigenvalue weighted by Gasteiger charge is 2.07. The minimum absolute atomic E-state index is 0.941. The Hall–Kier alpha value is 0.390. The van der Waals surface area contributed by atoms with Crippen LogP contribution in [0.4, 0.5) is 0 Å². The van der Waals surface area contributed by atoms with Gasteiger partial charge in [0.15, 0.2) is 0 Å². The largest absolute Gasteiger partial charge is 0.142 e. The van der Waals surface area contributed by atoms with Crippen molar-refractivity contribution in [3.63, 3.8) is 0 Å². The van der Waals surface area contributed by atoms with Crippen LogP contribution in [-0.4, -0.2) is 0 Å². The van der Waals surface area contributed by atoms with E-state index < -0.39 is 0 Å². The molecule has 0 radical (unpaired) electrons. The van der Waals surface area contributed by atoms with Crippen LogP contribution in [0.5, 0.6) is 0 Å². The zero-order valence-electron chi connectivity index (χ0n) is 7.10. The average molecular weight is 367 g/mol. The van der Waals surface area contributed by atoms with Crippen molar-refractivity contribution in [3.8, 4) is 0 Å². The van der Waals surface area contributed by atoms with Crippen LogP contribution in [0.15, 0.2) is 17.5 Å². The van der Waals surface area contributed by atoms with Crippen LogP contribution in [0, 0.1) is 10.5 Å². The fourth-order valence-electron chi connectivity index (χ4n) is 1.42. The molecule has 13 heavy (non-hydrogen) atoms. The van der Waals surface area contributed by atoms with Gasteiger partial charge in [0.2, 0.25) is 0 Å². The van der Waals surface area contributed by atoms with E-state index in [0.717, 1.165) is 5.33 Å². The van der Waals surface area contributed by atoms with Crippen LogP contribution in [0.3, 0.4) is 0 Å². The highest BCUT2D eigenvalue weighted by Crippen LogP contribution is 2.33. The Bertz CT molecular complexity index is 447. The predicted octanol–water partition coefficient (Wildman–Crippen LogP) is 4.71. The van der Waals surface area contributed by atoms with E-state index in [-0.39, 0.29) is 0 Å². The van der Waals surface area contributed by atoms with Crippen LogP contribution in [-0.2, 0) is 5.33 Å². The minimum Gasteiger partial charge on any atom is -0.142 e. The molecule has 0 saturated carbocycles. The van der Waals surface area contributed by atoms with Crippen LogP contribution in [0.1, 0.15) is 11.1 Å². The standard InChI is InChI=1S/C10H8BrIS/c1-6-2-3-7(4-11)9-8(12)5-13-10(6)9/h2-3,5H,4H2,1H3. The molecule has 0 aliphatic rings. The van der Waals surface area contributed by atoms with E-state index in [1.807, 2.05) is 11.3 Å². The lowest BCUT2D eigenvalue weighted by Crippen LogP contribution is -1.82. The van der Waals surface area contributed by atoms with E-state index in [1.54, 1.807) is 0 Å². The van der Waals surface area contributed by atoms with Gasteiger partial charge in [-0.25, -0.2) is 0 Å². The second-order valence-electron chi connectivity index (χ2n) is 2.96. The number of fused-ring (bicyclic) bond motifs is 1. The second kappa shape index (κ2) is 3.87. The van der Waals surface area contributed by atoms with Crippen molar-refractivity contribution in [2.45, 2.75) is 12.3 Å². The van der Waals surface area contributed by atoms with Gasteiger partial charge in [0.05, 0.1) is 0 Å². The third-order valence-corrected chi connectivity index (χ3v) is 5.10. The summed E-state index contributed by atoms with van der Waals surface area (Å²) in [7, 11) is 0. The smallest absolute Gasteiger partial charge is 0.0386 e. The quantitative estimate of drug-likeness (QED) is 0.506. The van der Waals surface area contributed by atoms with Crippen molar-refractivity contribution in [1.29, 1.82) is 0 Å². The topological polar surface area (TPSA) is 0 Å². The van der Waals surface area contributed by atoms with Gasteiger partial charge in [-0.1, -0.05) is 28.1 Å². The summed E-state index contributed by atoms with van der Waals surface area (Å²) in [5.74, 6) is 0. The Morgan fingerprint density at radius 1 is 1.46 bits per heavy atom. The fourth-order valence-corrected chi connectivity index (χ4v) is 4.02. The monoisotopic (exact) mass is 366 g/mol. The molecule has 0 nitrogen and oxygen atoms in total. The maximum atomic E-state index is 3.52. The maximum absolute atomic E-state index is 3.52. The van der Waals surface area contributed by atoms with Crippen LogP contribution in [0.25, 0.3) is 10.1 Å². The molecule has 0 bridgehead atoms. The normalized spacial score (nSPS) is 11.0. The first-order chi connectivity index (χ1) is 6.24. The molecule has 3 heteroatoms. The summed E-state index contributed by atoms with van der Waals surface area (Å²) < 4.78 is 2.80. The first kappa shape index (κ1) is 9.93. The first-order valence-corrected chi connectivity index (χ1v) is 7.03. The third kappa shape index (κ3) is 1.66. The Morgan fingerprint density at radius 3 is 2.92 bits per heavy atom. The van der Waals surface area contributed by atoms with E-state index in [9.17, 15) is 0 Å². The van der Waals surface area contributed by atoms with Crippen molar-refractivity contribution in [3.05, 3.63) is 32.2 Å². The third-order valence-electron chi connectivity index (χ3n) is 2.10. The molecule has 0 saturated heterocycles. The molecule has 1 aromatic carbocycles. The summed E-state index contributed by atoms with van der Waals surface area (Å²) in [6.45, 7) is 2.17. The van der Waals surface area contributed by atoms with Gasteiger partial charge in [0.1, 0.15) is 0 Å². The van der Waals surface area contributed by atoms with Gasteiger partial charge in [-0.3, -0.25) is 0 Å². The number of alkyl halides is 1. The number of hydrogen-bond acceptors (Lipinski definition) is 1. The number of halogens is 2. The lowest BCUT2D eigenvalue weighted by molar-refractivity contribution is 1.45. The molecular formula is C10H8BrIS. The summed E-state index contributed by atoms with van der Waals surface area (Å²) >= 11 is 7.77. The molecule has 0 N–H and O–H groups in total. The number of thiophene rings is 1. The van der Waals surface area contributed by atoms with Crippen molar-refractivity contribution in [2.75, 3.05) is 0 Å². The molecule has 0 spiro atoms. The van der Waals surface area contributed by atoms with E-state index in [1.165, 1.54) is 24.8 Å². The highest BCUT2D eigenvalue weighted by molar-refractivity contribution is 14.1. The van der Waals surface area contributed by atoms with Gasteiger partial charge in [0.25, 0.3) is 0 Å². The minimum atomic E-state index is 0.941. The van der Waals surface area contributed by atoms with Crippen molar-refractivity contribution in [2.24, 2.45) is 0 Å². The summed E-state index contributed by atoms with van der Waals surface area (Å²) in [4.78, 5) is 0. The SMILES string of the molecule is Cc1ccc(CBr)c2c(I)csc12. The van der Waals surface area contributed by atoms with E-state index in [2.05, 4.69) is 63.0 Å². The molecule has 1 aromatic heterocycles. The van der Waals surface area contributed by atoms with Crippen molar-refractivity contribution in [1.82, 2.24) is 0 Å². The molecule has 1 heterocycles. The molecule has 2 rings (SSSR count). The number of rotatable bonds is 1. The Balaban J connectivity index is 2.88. The number of aryl methyl sites for hydroxylation is 1.